The fourth-order valence-corrected chi connectivity index (χ4v) is 7.34. The first kappa shape index (κ1) is 16.5. The second-order valence-electron chi connectivity index (χ2n) is 10.1. The van der Waals surface area contributed by atoms with E-state index in [2.05, 4.69) is 46.8 Å². The molecule has 0 aliphatic heterocycles. The van der Waals surface area contributed by atoms with Crippen molar-refractivity contribution in [2.45, 2.75) is 85.0 Å². The maximum Gasteiger partial charge on any atom is 0.121 e. The number of rotatable bonds is 3. The fourth-order valence-electron chi connectivity index (χ4n) is 7.34. The van der Waals surface area contributed by atoms with Gasteiger partial charge in [0.15, 0.2) is 0 Å². The lowest BCUT2D eigenvalue weighted by atomic mass is 9.36. The summed E-state index contributed by atoms with van der Waals surface area (Å²) in [7, 11) is 0. The Bertz CT molecular complexity index is 652. The van der Waals surface area contributed by atoms with E-state index in [0.717, 1.165) is 23.0 Å². The lowest BCUT2D eigenvalue weighted by Crippen LogP contribution is -2.59. The summed E-state index contributed by atoms with van der Waals surface area (Å²) in [5, 5.41) is 10.2. The number of aryl methyl sites for hydroxylation is 2. The van der Waals surface area contributed by atoms with Gasteiger partial charge in [-0.15, -0.1) is 0 Å². The zero-order valence-corrected chi connectivity index (χ0v) is 16.2. The summed E-state index contributed by atoms with van der Waals surface area (Å²) >= 11 is 0. The van der Waals surface area contributed by atoms with Crippen molar-refractivity contribution < 1.29 is 5.11 Å². The van der Waals surface area contributed by atoms with Crippen LogP contribution in [0, 0.1) is 36.5 Å². The lowest BCUT2D eigenvalue weighted by Gasteiger charge is -2.68. The first-order chi connectivity index (χ1) is 11.2. The number of phenols is 1. The molecule has 4 atom stereocenters. The highest BCUT2D eigenvalue weighted by Crippen LogP contribution is 2.72. The van der Waals surface area contributed by atoms with E-state index in [1.54, 1.807) is 0 Å². The molecule has 1 heteroatoms. The quantitative estimate of drug-likeness (QED) is 0.692. The smallest absolute Gasteiger partial charge is 0.121 e. The molecule has 1 aromatic carbocycles. The zero-order chi connectivity index (χ0) is 17.3. The third-order valence-corrected chi connectivity index (χ3v) is 8.31. The summed E-state index contributed by atoms with van der Waals surface area (Å²) in [5.41, 5.74) is 5.14. The lowest BCUT2D eigenvalue weighted by molar-refractivity contribution is -0.147. The molecule has 0 aromatic heterocycles. The molecule has 0 amide bonds. The van der Waals surface area contributed by atoms with Gasteiger partial charge in [-0.05, 0) is 97.1 Å². The van der Waals surface area contributed by atoms with E-state index in [9.17, 15) is 5.11 Å². The highest BCUT2D eigenvalue weighted by molar-refractivity contribution is 5.46. The summed E-state index contributed by atoms with van der Waals surface area (Å²) in [6, 6.07) is 4.62. The normalized spacial score (nSPS) is 40.5. The van der Waals surface area contributed by atoms with Gasteiger partial charge in [-0.3, -0.25) is 0 Å². The van der Waals surface area contributed by atoms with Gasteiger partial charge in [0.1, 0.15) is 5.75 Å². The van der Waals surface area contributed by atoms with Crippen molar-refractivity contribution in [3.63, 3.8) is 0 Å². The van der Waals surface area contributed by atoms with E-state index in [-0.39, 0.29) is 0 Å². The van der Waals surface area contributed by atoms with E-state index in [0.29, 0.717) is 22.0 Å². The van der Waals surface area contributed by atoms with Crippen LogP contribution in [0.3, 0.4) is 0 Å². The minimum absolute atomic E-state index is 0.364. The van der Waals surface area contributed by atoms with Gasteiger partial charge in [0.2, 0.25) is 0 Å². The van der Waals surface area contributed by atoms with Crippen LogP contribution < -0.4 is 0 Å². The number of benzene rings is 1. The van der Waals surface area contributed by atoms with E-state index in [4.69, 9.17) is 0 Å². The van der Waals surface area contributed by atoms with Gasteiger partial charge < -0.3 is 5.11 Å². The van der Waals surface area contributed by atoms with Crippen molar-refractivity contribution in [2.75, 3.05) is 0 Å². The number of hydrogen-bond acceptors (Lipinski definition) is 1. The van der Waals surface area contributed by atoms with Gasteiger partial charge in [0.25, 0.3) is 0 Å². The summed E-state index contributed by atoms with van der Waals surface area (Å²) in [6.45, 7) is 11.5. The summed E-state index contributed by atoms with van der Waals surface area (Å²) in [4.78, 5) is 0. The third kappa shape index (κ3) is 2.12. The molecule has 4 bridgehead atoms. The van der Waals surface area contributed by atoms with Crippen LogP contribution in [-0.2, 0) is 5.41 Å². The average Bonchev–Trinajstić information content (AvgIpc) is 2.51. The van der Waals surface area contributed by atoms with E-state index < -0.39 is 0 Å². The molecule has 0 spiro atoms. The Morgan fingerprint density at radius 1 is 1.04 bits per heavy atom. The summed E-state index contributed by atoms with van der Waals surface area (Å²) in [5.74, 6) is 2.19. The molecule has 1 nitrogen and oxygen atoms in total. The van der Waals surface area contributed by atoms with Crippen LogP contribution >= 0.6 is 0 Å². The third-order valence-electron chi connectivity index (χ3n) is 8.31. The average molecular weight is 327 g/mol. The Balaban J connectivity index is 1.86. The molecular weight excluding hydrogens is 292 g/mol. The molecule has 1 aromatic rings. The predicted molar refractivity (Wildman–Crippen MR) is 100 cm³/mol. The number of aromatic hydroxyl groups is 1. The maximum absolute atomic E-state index is 10.2. The zero-order valence-electron chi connectivity index (χ0n) is 16.2. The first-order valence-electron chi connectivity index (χ1n) is 10.0. The highest BCUT2D eigenvalue weighted by Gasteiger charge is 2.63. The number of phenolic OH excluding ortho intramolecular Hbond substituents is 1. The van der Waals surface area contributed by atoms with Crippen molar-refractivity contribution >= 4 is 0 Å². The molecule has 4 saturated carbocycles. The monoisotopic (exact) mass is 326 g/mol. The Morgan fingerprint density at radius 2 is 1.71 bits per heavy atom. The molecular formula is C23H34O. The Kier molecular flexibility index (Phi) is 3.45. The number of hydrogen-bond donors (Lipinski definition) is 1. The molecule has 1 N–H and O–H groups in total. The van der Waals surface area contributed by atoms with Gasteiger partial charge in [0, 0.05) is 0 Å². The minimum atomic E-state index is 0.364. The van der Waals surface area contributed by atoms with Gasteiger partial charge in [-0.1, -0.05) is 39.3 Å². The van der Waals surface area contributed by atoms with Crippen molar-refractivity contribution in [2.24, 2.45) is 22.7 Å². The van der Waals surface area contributed by atoms with Crippen molar-refractivity contribution in [3.8, 4) is 5.75 Å². The highest BCUT2D eigenvalue weighted by atomic mass is 16.3. The SMILES string of the molecule is CCC12CC3CC(c4cc(C)c(O)c(C)c4)(C1)CC(C(C)C)(C3)C2. The molecule has 0 saturated heterocycles. The van der Waals surface area contributed by atoms with Gasteiger partial charge in [0.05, 0.1) is 0 Å². The molecule has 24 heavy (non-hydrogen) atoms. The molecule has 4 aliphatic rings. The molecule has 4 aliphatic carbocycles. The fraction of sp³-hybridized carbons (Fsp3) is 0.739. The summed E-state index contributed by atoms with van der Waals surface area (Å²) in [6.07, 6.45) is 9.87. The van der Waals surface area contributed by atoms with E-state index >= 15 is 0 Å². The van der Waals surface area contributed by atoms with Gasteiger partial charge in [-0.25, -0.2) is 0 Å². The Labute approximate surface area is 147 Å². The molecule has 0 heterocycles. The van der Waals surface area contributed by atoms with Crippen LogP contribution in [0.5, 0.6) is 5.75 Å². The second-order valence-corrected chi connectivity index (χ2v) is 10.1. The van der Waals surface area contributed by atoms with Gasteiger partial charge >= 0.3 is 0 Å². The van der Waals surface area contributed by atoms with Crippen molar-refractivity contribution in [1.29, 1.82) is 0 Å². The topological polar surface area (TPSA) is 20.2 Å². The minimum Gasteiger partial charge on any atom is -0.507 e. The molecule has 5 rings (SSSR count). The van der Waals surface area contributed by atoms with Crippen LogP contribution in [0.4, 0.5) is 0 Å². The maximum atomic E-state index is 10.2. The molecule has 4 fully saturated rings. The Hall–Kier alpha value is -0.980. The van der Waals surface area contributed by atoms with Crippen molar-refractivity contribution in [3.05, 3.63) is 28.8 Å². The molecule has 0 radical (unpaired) electrons. The molecule has 132 valence electrons. The second kappa shape index (κ2) is 5.02. The first-order valence-corrected chi connectivity index (χ1v) is 10.0. The standard InChI is InChI=1S/C23H34O/c1-6-21-9-18-10-22(12-21,15(2)3)14-23(11-18,13-21)19-7-16(4)20(24)17(5)8-19/h7-8,15,18,24H,6,9-14H2,1-5H3. The van der Waals surface area contributed by atoms with Crippen LogP contribution in [-0.4, -0.2) is 5.11 Å². The van der Waals surface area contributed by atoms with Crippen LogP contribution in [0.1, 0.15) is 82.4 Å². The largest absolute Gasteiger partial charge is 0.507 e. The van der Waals surface area contributed by atoms with E-state index in [1.807, 2.05) is 0 Å². The van der Waals surface area contributed by atoms with Crippen LogP contribution in [0.15, 0.2) is 12.1 Å². The predicted octanol–water partition coefficient (Wildman–Crippen LogP) is 6.28. The Morgan fingerprint density at radius 3 is 2.29 bits per heavy atom. The molecule has 4 unspecified atom stereocenters. The van der Waals surface area contributed by atoms with Crippen molar-refractivity contribution in [1.82, 2.24) is 0 Å². The van der Waals surface area contributed by atoms with Crippen LogP contribution in [0.2, 0.25) is 0 Å². The summed E-state index contributed by atoms with van der Waals surface area (Å²) < 4.78 is 0. The van der Waals surface area contributed by atoms with Gasteiger partial charge in [-0.2, -0.15) is 0 Å². The van der Waals surface area contributed by atoms with Crippen LogP contribution in [0.25, 0.3) is 0 Å². The van der Waals surface area contributed by atoms with E-state index in [1.165, 1.54) is 50.5 Å².